The lowest BCUT2D eigenvalue weighted by atomic mass is 9.99. The molecular formula is C34H30FN5O2S. The molecule has 6 rings (SSSR count). The monoisotopic (exact) mass is 591 g/mol. The van der Waals surface area contributed by atoms with Crippen LogP contribution in [-0.2, 0) is 16.1 Å². The van der Waals surface area contributed by atoms with Crippen LogP contribution in [0.1, 0.15) is 33.1 Å². The Morgan fingerprint density at radius 3 is 2.56 bits per heavy atom. The van der Waals surface area contributed by atoms with E-state index in [2.05, 4.69) is 10.3 Å². The van der Waals surface area contributed by atoms with E-state index >= 15 is 4.39 Å². The molecule has 0 saturated carbocycles. The number of aromatic nitrogens is 3. The number of thioether (sulfide) groups is 1. The van der Waals surface area contributed by atoms with Crippen LogP contribution in [-0.4, -0.2) is 38.9 Å². The van der Waals surface area contributed by atoms with Crippen molar-refractivity contribution in [3.8, 4) is 16.9 Å². The highest BCUT2D eigenvalue weighted by Gasteiger charge is 2.38. The summed E-state index contributed by atoms with van der Waals surface area (Å²) < 4.78 is 17.2. The Labute approximate surface area is 253 Å². The van der Waals surface area contributed by atoms with Gasteiger partial charge < -0.3 is 5.32 Å². The van der Waals surface area contributed by atoms with E-state index < -0.39 is 5.25 Å². The van der Waals surface area contributed by atoms with Crippen LogP contribution in [0.15, 0.2) is 97.3 Å². The van der Waals surface area contributed by atoms with E-state index in [0.717, 1.165) is 27.9 Å². The average molecular weight is 592 g/mol. The van der Waals surface area contributed by atoms with Gasteiger partial charge in [0, 0.05) is 35.6 Å². The normalized spacial score (nSPS) is 14.7. The molecule has 1 atom stereocenters. The number of anilines is 1. The average Bonchev–Trinajstić information content (AvgIpc) is 3.35. The zero-order chi connectivity index (χ0) is 29.9. The van der Waals surface area contributed by atoms with Gasteiger partial charge in [-0.15, -0.1) is 11.8 Å². The first-order valence-electron chi connectivity index (χ1n) is 14.0. The van der Waals surface area contributed by atoms with Crippen molar-refractivity contribution in [2.75, 3.05) is 17.2 Å². The van der Waals surface area contributed by atoms with Gasteiger partial charge in [-0.2, -0.15) is 5.10 Å². The van der Waals surface area contributed by atoms with Gasteiger partial charge in [0.2, 0.25) is 11.8 Å². The summed E-state index contributed by atoms with van der Waals surface area (Å²) >= 11 is 1.34. The fourth-order valence-corrected chi connectivity index (χ4v) is 6.52. The SMILES string of the molecule is Cc1cccc(-n2nc(-c3ccccc3)c3c2N(CC(=O)NCc2cccnc2)C(=O)CSC3c2ccccc2F)c1C. The Morgan fingerprint density at radius 1 is 1.00 bits per heavy atom. The number of carbonyl (C=O) groups is 2. The molecule has 3 aromatic carbocycles. The van der Waals surface area contributed by atoms with Gasteiger partial charge in [0.1, 0.15) is 18.2 Å². The van der Waals surface area contributed by atoms with Crippen LogP contribution in [0.3, 0.4) is 0 Å². The number of pyridine rings is 1. The second kappa shape index (κ2) is 12.2. The molecule has 0 saturated heterocycles. The standard InChI is InChI=1S/C34H30FN5O2S/c1-22-10-8-16-28(23(22)2)40-34-31(32(38-40)25-12-4-3-5-13-25)33(26-14-6-7-15-27(26)35)43-21-30(42)39(34)20-29(41)37-19-24-11-9-17-36-18-24/h3-18,33H,19-21H2,1-2H3,(H,37,41). The molecule has 1 N–H and O–H groups in total. The molecule has 7 nitrogen and oxygen atoms in total. The van der Waals surface area contributed by atoms with Gasteiger partial charge in [-0.25, -0.2) is 9.07 Å². The Hall–Kier alpha value is -4.76. The smallest absolute Gasteiger partial charge is 0.240 e. The Bertz CT molecular complexity index is 1790. The van der Waals surface area contributed by atoms with Crippen molar-refractivity contribution in [1.29, 1.82) is 0 Å². The summed E-state index contributed by atoms with van der Waals surface area (Å²) in [4.78, 5) is 32.9. The van der Waals surface area contributed by atoms with Crippen LogP contribution >= 0.6 is 11.8 Å². The highest BCUT2D eigenvalue weighted by Crippen LogP contribution is 2.49. The molecule has 5 aromatic rings. The fourth-order valence-electron chi connectivity index (χ4n) is 5.30. The molecule has 43 heavy (non-hydrogen) atoms. The summed E-state index contributed by atoms with van der Waals surface area (Å²) in [6.07, 6.45) is 3.36. The second-order valence-electron chi connectivity index (χ2n) is 10.4. The van der Waals surface area contributed by atoms with Crippen molar-refractivity contribution in [3.63, 3.8) is 0 Å². The van der Waals surface area contributed by atoms with Crippen molar-refractivity contribution in [2.45, 2.75) is 25.6 Å². The topological polar surface area (TPSA) is 80.1 Å². The summed E-state index contributed by atoms with van der Waals surface area (Å²) in [6, 6.07) is 25.9. The molecule has 0 spiro atoms. The Balaban J connectivity index is 1.55. The molecule has 2 amide bonds. The van der Waals surface area contributed by atoms with Gasteiger partial charge in [-0.1, -0.05) is 66.7 Å². The number of nitrogens with zero attached hydrogens (tertiary/aromatic N) is 4. The van der Waals surface area contributed by atoms with E-state index in [1.807, 2.05) is 68.4 Å². The van der Waals surface area contributed by atoms with E-state index in [1.54, 1.807) is 41.3 Å². The molecule has 1 aliphatic rings. The van der Waals surface area contributed by atoms with E-state index in [-0.39, 0.29) is 36.5 Å². The van der Waals surface area contributed by atoms with Crippen molar-refractivity contribution < 1.29 is 14.0 Å². The van der Waals surface area contributed by atoms with Crippen LogP contribution in [0.5, 0.6) is 0 Å². The first-order valence-corrected chi connectivity index (χ1v) is 15.0. The zero-order valence-electron chi connectivity index (χ0n) is 23.8. The van der Waals surface area contributed by atoms with Gasteiger partial charge in [-0.3, -0.25) is 19.5 Å². The minimum Gasteiger partial charge on any atom is -0.350 e. The summed E-state index contributed by atoms with van der Waals surface area (Å²) in [5.74, 6) is -0.419. The molecule has 0 aliphatic carbocycles. The van der Waals surface area contributed by atoms with E-state index in [9.17, 15) is 9.59 Å². The maximum Gasteiger partial charge on any atom is 0.240 e. The van der Waals surface area contributed by atoms with Gasteiger partial charge in [0.05, 0.1) is 22.4 Å². The van der Waals surface area contributed by atoms with Gasteiger partial charge >= 0.3 is 0 Å². The number of benzene rings is 3. The largest absolute Gasteiger partial charge is 0.350 e. The maximum absolute atomic E-state index is 15.4. The van der Waals surface area contributed by atoms with Crippen molar-refractivity contribution in [3.05, 3.63) is 131 Å². The third-order valence-corrected chi connectivity index (χ3v) is 8.88. The number of carbonyl (C=O) groups excluding carboxylic acids is 2. The minimum atomic E-state index is -0.544. The van der Waals surface area contributed by atoms with Crippen molar-refractivity contribution in [1.82, 2.24) is 20.1 Å². The van der Waals surface area contributed by atoms with Crippen LogP contribution < -0.4 is 10.2 Å². The predicted molar refractivity (Wildman–Crippen MR) is 168 cm³/mol. The molecule has 1 unspecified atom stereocenters. The Kier molecular flexibility index (Phi) is 8.07. The Morgan fingerprint density at radius 2 is 1.79 bits per heavy atom. The number of hydrogen-bond donors (Lipinski definition) is 1. The second-order valence-corrected chi connectivity index (χ2v) is 11.5. The highest BCUT2D eigenvalue weighted by molar-refractivity contribution is 8.00. The molecule has 0 bridgehead atoms. The summed E-state index contributed by atoms with van der Waals surface area (Å²) in [5.41, 5.74) is 6.29. The van der Waals surface area contributed by atoms with Gasteiger partial charge in [0.15, 0.2) is 0 Å². The number of fused-ring (bicyclic) bond motifs is 1. The predicted octanol–water partition coefficient (Wildman–Crippen LogP) is 6.18. The molecular weight excluding hydrogens is 561 g/mol. The summed E-state index contributed by atoms with van der Waals surface area (Å²) in [7, 11) is 0. The number of halogens is 1. The number of hydrogen-bond acceptors (Lipinski definition) is 5. The lowest BCUT2D eigenvalue weighted by Crippen LogP contribution is -2.42. The van der Waals surface area contributed by atoms with Crippen molar-refractivity contribution in [2.24, 2.45) is 0 Å². The molecule has 0 radical (unpaired) electrons. The summed E-state index contributed by atoms with van der Waals surface area (Å²) in [5, 5.41) is 7.49. The zero-order valence-corrected chi connectivity index (χ0v) is 24.6. The first-order chi connectivity index (χ1) is 20.9. The quantitative estimate of drug-likeness (QED) is 0.245. The molecule has 1 aliphatic heterocycles. The lowest BCUT2D eigenvalue weighted by molar-refractivity contribution is -0.123. The maximum atomic E-state index is 15.4. The molecule has 0 fully saturated rings. The molecule has 216 valence electrons. The van der Waals surface area contributed by atoms with Crippen LogP contribution in [0.2, 0.25) is 0 Å². The lowest BCUT2D eigenvalue weighted by Gasteiger charge is -2.24. The highest BCUT2D eigenvalue weighted by atomic mass is 32.2. The number of nitrogens with one attached hydrogen (secondary N) is 1. The molecule has 9 heteroatoms. The van der Waals surface area contributed by atoms with E-state index in [1.165, 1.54) is 22.7 Å². The molecule has 2 aromatic heterocycles. The minimum absolute atomic E-state index is 0.0601. The van der Waals surface area contributed by atoms with Crippen LogP contribution in [0, 0.1) is 19.7 Å². The van der Waals surface area contributed by atoms with Crippen molar-refractivity contribution >= 4 is 29.4 Å². The van der Waals surface area contributed by atoms with E-state index in [4.69, 9.17) is 5.10 Å². The van der Waals surface area contributed by atoms with Crippen LogP contribution in [0.4, 0.5) is 10.2 Å². The number of rotatable bonds is 7. The van der Waals surface area contributed by atoms with Crippen LogP contribution in [0.25, 0.3) is 16.9 Å². The fraction of sp³-hybridized carbons (Fsp3) is 0.176. The van der Waals surface area contributed by atoms with Gasteiger partial charge in [0.25, 0.3) is 0 Å². The summed E-state index contributed by atoms with van der Waals surface area (Å²) in [6.45, 7) is 4.08. The van der Waals surface area contributed by atoms with Gasteiger partial charge in [-0.05, 0) is 48.7 Å². The molecule has 3 heterocycles. The first kappa shape index (κ1) is 28.4. The number of amides is 2. The number of aryl methyl sites for hydroxylation is 1. The van der Waals surface area contributed by atoms with E-state index in [0.29, 0.717) is 22.6 Å². The third-order valence-electron chi connectivity index (χ3n) is 7.64. The third kappa shape index (κ3) is 5.68.